The van der Waals surface area contributed by atoms with Crippen molar-refractivity contribution in [2.75, 3.05) is 13.1 Å². The SMILES string of the molecule is Cn1ccc(C(=O)NC2CCN(Cc3ccncc3)CC2)n1. The molecule has 22 heavy (non-hydrogen) atoms. The number of pyridine rings is 1. The summed E-state index contributed by atoms with van der Waals surface area (Å²) in [6.07, 6.45) is 7.39. The first-order valence-electron chi connectivity index (χ1n) is 7.62. The van der Waals surface area contributed by atoms with Crippen molar-refractivity contribution in [1.29, 1.82) is 0 Å². The molecule has 0 saturated carbocycles. The van der Waals surface area contributed by atoms with Crippen molar-refractivity contribution >= 4 is 5.91 Å². The van der Waals surface area contributed by atoms with Crippen molar-refractivity contribution in [3.05, 3.63) is 48.0 Å². The zero-order valence-corrected chi connectivity index (χ0v) is 12.8. The molecule has 2 aromatic rings. The lowest BCUT2D eigenvalue weighted by atomic mass is 10.0. The van der Waals surface area contributed by atoms with Crippen LogP contribution in [0.5, 0.6) is 0 Å². The smallest absolute Gasteiger partial charge is 0.271 e. The van der Waals surface area contributed by atoms with Gasteiger partial charge in [0, 0.05) is 51.3 Å². The van der Waals surface area contributed by atoms with Crippen molar-refractivity contribution < 1.29 is 4.79 Å². The van der Waals surface area contributed by atoms with Crippen LogP contribution in [0.2, 0.25) is 0 Å². The number of piperidine rings is 1. The maximum Gasteiger partial charge on any atom is 0.271 e. The monoisotopic (exact) mass is 299 g/mol. The van der Waals surface area contributed by atoms with E-state index in [9.17, 15) is 4.79 Å². The molecular formula is C16H21N5O. The maximum absolute atomic E-state index is 12.1. The van der Waals surface area contributed by atoms with Crippen molar-refractivity contribution in [3.63, 3.8) is 0 Å². The van der Waals surface area contributed by atoms with Gasteiger partial charge in [0.1, 0.15) is 5.69 Å². The molecule has 0 aromatic carbocycles. The van der Waals surface area contributed by atoms with Crippen molar-refractivity contribution in [2.45, 2.75) is 25.4 Å². The van der Waals surface area contributed by atoms with Crippen molar-refractivity contribution in [2.24, 2.45) is 7.05 Å². The molecule has 1 amide bonds. The van der Waals surface area contributed by atoms with Gasteiger partial charge in [-0.3, -0.25) is 19.4 Å². The summed E-state index contributed by atoms with van der Waals surface area (Å²) in [5.74, 6) is -0.0758. The summed E-state index contributed by atoms with van der Waals surface area (Å²) in [6, 6.07) is 6.08. The Morgan fingerprint density at radius 1 is 1.27 bits per heavy atom. The van der Waals surface area contributed by atoms with Gasteiger partial charge in [0.15, 0.2) is 0 Å². The fourth-order valence-corrected chi connectivity index (χ4v) is 2.78. The normalized spacial score (nSPS) is 16.6. The number of amides is 1. The molecule has 0 atom stereocenters. The molecule has 0 radical (unpaired) electrons. The average molecular weight is 299 g/mol. The molecule has 6 heteroatoms. The fourth-order valence-electron chi connectivity index (χ4n) is 2.78. The van der Waals surface area contributed by atoms with Gasteiger partial charge in [-0.1, -0.05) is 0 Å². The van der Waals surface area contributed by atoms with E-state index >= 15 is 0 Å². The quantitative estimate of drug-likeness (QED) is 0.922. The summed E-state index contributed by atoms with van der Waals surface area (Å²) in [4.78, 5) is 18.5. The largest absolute Gasteiger partial charge is 0.348 e. The minimum Gasteiger partial charge on any atom is -0.348 e. The van der Waals surface area contributed by atoms with Crippen LogP contribution in [-0.4, -0.2) is 44.7 Å². The number of carbonyl (C=O) groups is 1. The van der Waals surface area contributed by atoms with Crippen molar-refractivity contribution in [3.8, 4) is 0 Å². The van der Waals surface area contributed by atoms with E-state index in [4.69, 9.17) is 0 Å². The Bertz CT molecular complexity index is 616. The Morgan fingerprint density at radius 3 is 2.64 bits per heavy atom. The van der Waals surface area contributed by atoms with Gasteiger partial charge in [0.05, 0.1) is 0 Å². The van der Waals surface area contributed by atoms with E-state index in [1.54, 1.807) is 16.9 Å². The number of nitrogens with zero attached hydrogens (tertiary/aromatic N) is 4. The first kappa shape index (κ1) is 14.7. The summed E-state index contributed by atoms with van der Waals surface area (Å²) in [6.45, 7) is 2.94. The minimum absolute atomic E-state index is 0.0758. The fraction of sp³-hybridized carbons (Fsp3) is 0.438. The highest BCUT2D eigenvalue weighted by Crippen LogP contribution is 2.14. The summed E-state index contributed by atoms with van der Waals surface area (Å²) < 4.78 is 1.65. The summed E-state index contributed by atoms with van der Waals surface area (Å²) in [7, 11) is 1.81. The van der Waals surface area contributed by atoms with Gasteiger partial charge in [-0.2, -0.15) is 5.10 Å². The lowest BCUT2D eigenvalue weighted by molar-refractivity contribution is 0.0903. The van der Waals surface area contributed by atoms with Crippen LogP contribution < -0.4 is 5.32 Å². The lowest BCUT2D eigenvalue weighted by Gasteiger charge is -2.32. The average Bonchev–Trinajstić information content (AvgIpc) is 2.97. The van der Waals surface area contributed by atoms with Crippen LogP contribution in [-0.2, 0) is 13.6 Å². The van der Waals surface area contributed by atoms with Crippen LogP contribution in [0.25, 0.3) is 0 Å². The molecular weight excluding hydrogens is 278 g/mol. The van der Waals surface area contributed by atoms with E-state index < -0.39 is 0 Å². The summed E-state index contributed by atoms with van der Waals surface area (Å²) in [5.41, 5.74) is 1.77. The minimum atomic E-state index is -0.0758. The van der Waals surface area contributed by atoms with Gasteiger partial charge in [0.25, 0.3) is 5.91 Å². The standard InChI is InChI=1S/C16H21N5O/c1-20-9-6-15(19-20)16(22)18-14-4-10-21(11-5-14)12-13-2-7-17-8-3-13/h2-3,6-9,14H,4-5,10-12H2,1H3,(H,18,22). The summed E-state index contributed by atoms with van der Waals surface area (Å²) >= 11 is 0. The number of rotatable bonds is 4. The van der Waals surface area contributed by atoms with Crippen LogP contribution in [0.1, 0.15) is 28.9 Å². The van der Waals surface area contributed by atoms with E-state index in [0.29, 0.717) is 5.69 Å². The second kappa shape index (κ2) is 6.70. The highest BCUT2D eigenvalue weighted by atomic mass is 16.2. The number of hydrogen-bond acceptors (Lipinski definition) is 4. The molecule has 6 nitrogen and oxygen atoms in total. The number of hydrogen-bond donors (Lipinski definition) is 1. The van der Waals surface area contributed by atoms with Gasteiger partial charge in [-0.05, 0) is 36.6 Å². The van der Waals surface area contributed by atoms with Crippen LogP contribution >= 0.6 is 0 Å². The predicted octanol–water partition coefficient (Wildman–Crippen LogP) is 1.21. The molecule has 1 saturated heterocycles. The lowest BCUT2D eigenvalue weighted by Crippen LogP contribution is -2.44. The van der Waals surface area contributed by atoms with Gasteiger partial charge < -0.3 is 5.32 Å². The molecule has 1 fully saturated rings. The molecule has 0 aliphatic carbocycles. The number of carbonyl (C=O) groups excluding carboxylic acids is 1. The third-order valence-corrected chi connectivity index (χ3v) is 4.02. The molecule has 0 spiro atoms. The first-order chi connectivity index (χ1) is 10.7. The van der Waals surface area contributed by atoms with Gasteiger partial charge in [-0.15, -0.1) is 0 Å². The molecule has 3 heterocycles. The molecule has 0 unspecified atom stereocenters. The van der Waals surface area contributed by atoms with Crippen LogP contribution in [0.15, 0.2) is 36.8 Å². The number of aromatic nitrogens is 3. The third kappa shape index (κ3) is 3.71. The Labute approximate surface area is 130 Å². The highest BCUT2D eigenvalue weighted by Gasteiger charge is 2.21. The maximum atomic E-state index is 12.1. The number of aryl methyl sites for hydroxylation is 1. The molecule has 2 aromatic heterocycles. The van der Waals surface area contributed by atoms with Gasteiger partial charge >= 0.3 is 0 Å². The first-order valence-corrected chi connectivity index (χ1v) is 7.62. The Hall–Kier alpha value is -2.21. The molecule has 116 valence electrons. The third-order valence-electron chi connectivity index (χ3n) is 4.02. The van der Waals surface area contributed by atoms with Crippen molar-refractivity contribution in [1.82, 2.24) is 25.0 Å². The highest BCUT2D eigenvalue weighted by molar-refractivity contribution is 5.92. The van der Waals surface area contributed by atoms with Gasteiger partial charge in [0.2, 0.25) is 0 Å². The molecule has 0 bridgehead atoms. The van der Waals surface area contributed by atoms with Gasteiger partial charge in [-0.25, -0.2) is 0 Å². The molecule has 1 aliphatic rings. The number of nitrogens with one attached hydrogen (secondary N) is 1. The van der Waals surface area contributed by atoms with Crippen LogP contribution in [0, 0.1) is 0 Å². The van der Waals surface area contributed by atoms with E-state index in [1.807, 2.05) is 19.4 Å². The Morgan fingerprint density at radius 2 is 2.00 bits per heavy atom. The van der Waals surface area contributed by atoms with E-state index in [0.717, 1.165) is 32.5 Å². The van der Waals surface area contributed by atoms with E-state index in [1.165, 1.54) is 5.56 Å². The predicted molar refractivity (Wildman–Crippen MR) is 83.2 cm³/mol. The van der Waals surface area contributed by atoms with E-state index in [2.05, 4.69) is 32.4 Å². The topological polar surface area (TPSA) is 63.1 Å². The zero-order chi connectivity index (χ0) is 15.4. The Balaban J connectivity index is 1.46. The van der Waals surface area contributed by atoms with Crippen LogP contribution in [0.4, 0.5) is 0 Å². The second-order valence-corrected chi connectivity index (χ2v) is 5.75. The molecule has 3 rings (SSSR count). The zero-order valence-electron chi connectivity index (χ0n) is 12.8. The number of likely N-dealkylation sites (tertiary alicyclic amines) is 1. The summed E-state index contributed by atoms with van der Waals surface area (Å²) in [5, 5.41) is 7.22. The second-order valence-electron chi connectivity index (χ2n) is 5.75. The molecule has 1 aliphatic heterocycles. The molecule has 1 N–H and O–H groups in total. The van der Waals surface area contributed by atoms with E-state index in [-0.39, 0.29) is 11.9 Å². The van der Waals surface area contributed by atoms with Crippen LogP contribution in [0.3, 0.4) is 0 Å². The Kier molecular flexibility index (Phi) is 4.48.